The van der Waals surface area contributed by atoms with Crippen molar-refractivity contribution in [2.45, 2.75) is 0 Å². The van der Waals surface area contributed by atoms with Crippen molar-refractivity contribution in [3.05, 3.63) is 176 Å². The Balaban J connectivity index is 1.12. The van der Waals surface area contributed by atoms with Crippen LogP contribution in [-0.4, -0.2) is 4.57 Å². The molecule has 8 aromatic carbocycles. The van der Waals surface area contributed by atoms with Crippen LogP contribution in [0.4, 0.5) is 0 Å². The molecule has 0 unspecified atom stereocenters. The normalized spacial score (nSPS) is 11.9. The highest BCUT2D eigenvalue weighted by molar-refractivity contribution is 6.12. The third kappa shape index (κ3) is 4.38. The van der Waals surface area contributed by atoms with E-state index in [1.807, 2.05) is 24.3 Å². The molecule has 51 heavy (non-hydrogen) atoms. The molecule has 0 atom stereocenters. The monoisotopic (exact) mass is 651 g/mol. The second-order valence-corrected chi connectivity index (χ2v) is 13.3. The maximum Gasteiger partial charge on any atom is 0.135 e. The molecular weight excluding hydrogens is 623 g/mol. The van der Waals surface area contributed by atoms with Crippen LogP contribution in [0.15, 0.2) is 185 Å². The summed E-state index contributed by atoms with van der Waals surface area (Å²) >= 11 is 0. The average Bonchev–Trinajstić information content (AvgIpc) is 3.86. The largest absolute Gasteiger partial charge is 0.456 e. The number of hydrogen-bond acceptors (Lipinski definition) is 2. The molecule has 0 aliphatic rings. The first kappa shape index (κ1) is 28.0. The van der Waals surface area contributed by atoms with Crippen molar-refractivity contribution in [2.24, 2.45) is 0 Å². The molecule has 238 valence electrons. The van der Waals surface area contributed by atoms with Gasteiger partial charge in [0, 0.05) is 38.0 Å². The fourth-order valence-electron chi connectivity index (χ4n) is 7.90. The van der Waals surface area contributed by atoms with Crippen molar-refractivity contribution < 1.29 is 8.83 Å². The summed E-state index contributed by atoms with van der Waals surface area (Å²) in [6.07, 6.45) is 0. The van der Waals surface area contributed by atoms with E-state index < -0.39 is 0 Å². The van der Waals surface area contributed by atoms with Gasteiger partial charge in [-0.3, -0.25) is 0 Å². The maximum absolute atomic E-state index is 6.15. The van der Waals surface area contributed by atoms with Crippen molar-refractivity contribution in [1.82, 2.24) is 4.57 Å². The molecule has 0 aliphatic carbocycles. The van der Waals surface area contributed by atoms with Gasteiger partial charge in [0.2, 0.25) is 0 Å². The Morgan fingerprint density at radius 2 is 0.686 bits per heavy atom. The Bertz CT molecular complexity index is 2950. The predicted octanol–water partition coefficient (Wildman–Crippen LogP) is 13.6. The SMILES string of the molecule is c1ccc(-c2ccc(-n3c4cc(-c5ccc6oc7ccccc7c6c5)ccc4c4ccc(-c5ccc6oc7ccccc7c6c5)cc43)cc2)cc1. The highest BCUT2D eigenvalue weighted by atomic mass is 16.3. The zero-order valence-electron chi connectivity index (χ0n) is 27.5. The van der Waals surface area contributed by atoms with Gasteiger partial charge in [-0.1, -0.05) is 115 Å². The minimum atomic E-state index is 0.905. The summed E-state index contributed by atoms with van der Waals surface area (Å²) in [6.45, 7) is 0. The molecule has 11 rings (SSSR count). The minimum absolute atomic E-state index is 0.905. The van der Waals surface area contributed by atoms with Gasteiger partial charge in [-0.05, 0) is 94.0 Å². The quantitative estimate of drug-likeness (QED) is 0.190. The van der Waals surface area contributed by atoms with Crippen LogP contribution in [0.25, 0.3) is 105 Å². The second kappa shape index (κ2) is 10.8. The number of fused-ring (bicyclic) bond motifs is 9. The van der Waals surface area contributed by atoms with Gasteiger partial charge in [0.15, 0.2) is 0 Å². The lowest BCUT2D eigenvalue weighted by atomic mass is 10.00. The van der Waals surface area contributed by atoms with Crippen molar-refractivity contribution >= 4 is 65.7 Å². The van der Waals surface area contributed by atoms with Gasteiger partial charge in [-0.2, -0.15) is 0 Å². The van der Waals surface area contributed by atoms with Crippen LogP contribution in [0, 0.1) is 0 Å². The molecule has 11 aromatic rings. The van der Waals surface area contributed by atoms with Gasteiger partial charge in [-0.15, -0.1) is 0 Å². The molecule has 0 aliphatic heterocycles. The van der Waals surface area contributed by atoms with E-state index in [0.717, 1.165) is 71.8 Å². The molecule has 0 bridgehead atoms. The van der Waals surface area contributed by atoms with E-state index in [0.29, 0.717) is 0 Å². The standard InChI is InChI=1S/C48H29NO2/c1-2-8-30(9-3-1)31-14-20-36(21-15-31)49-43-28-34(32-18-24-47-41(26-32)39-10-4-6-12-45(39)50-47)16-22-37(43)38-23-17-35(29-44(38)49)33-19-25-48-42(27-33)40-11-5-7-13-46(40)51-48/h1-29H. The topological polar surface area (TPSA) is 31.2 Å². The Hall–Kier alpha value is -6.84. The summed E-state index contributed by atoms with van der Waals surface area (Å²) in [4.78, 5) is 0. The lowest BCUT2D eigenvalue weighted by molar-refractivity contribution is 0.668. The van der Waals surface area contributed by atoms with E-state index in [1.165, 1.54) is 32.9 Å². The fourth-order valence-corrected chi connectivity index (χ4v) is 7.90. The summed E-state index contributed by atoms with van der Waals surface area (Å²) < 4.78 is 14.7. The van der Waals surface area contributed by atoms with Crippen LogP contribution >= 0.6 is 0 Å². The fraction of sp³-hybridized carbons (Fsp3) is 0. The Morgan fingerprint density at radius 1 is 0.275 bits per heavy atom. The van der Waals surface area contributed by atoms with Gasteiger partial charge < -0.3 is 13.4 Å². The summed E-state index contributed by atoms with van der Waals surface area (Å²) in [7, 11) is 0. The Kier molecular flexibility index (Phi) is 5.96. The lowest BCUT2D eigenvalue weighted by Crippen LogP contribution is -1.94. The third-order valence-electron chi connectivity index (χ3n) is 10.4. The van der Waals surface area contributed by atoms with E-state index in [1.54, 1.807) is 0 Å². The highest BCUT2D eigenvalue weighted by Gasteiger charge is 2.17. The molecule has 0 N–H and O–H groups in total. The first-order valence-corrected chi connectivity index (χ1v) is 17.3. The van der Waals surface area contributed by atoms with Gasteiger partial charge >= 0.3 is 0 Å². The van der Waals surface area contributed by atoms with E-state index in [2.05, 4.69) is 156 Å². The first-order chi connectivity index (χ1) is 25.2. The smallest absolute Gasteiger partial charge is 0.135 e. The van der Waals surface area contributed by atoms with Crippen LogP contribution in [-0.2, 0) is 0 Å². The first-order valence-electron chi connectivity index (χ1n) is 17.3. The van der Waals surface area contributed by atoms with Gasteiger partial charge in [0.1, 0.15) is 22.3 Å². The van der Waals surface area contributed by atoms with Crippen LogP contribution < -0.4 is 0 Å². The predicted molar refractivity (Wildman–Crippen MR) is 212 cm³/mol. The number of nitrogens with zero attached hydrogens (tertiary/aromatic N) is 1. The molecule has 3 heterocycles. The summed E-state index contributed by atoms with van der Waals surface area (Å²) in [5, 5.41) is 6.98. The molecule has 0 saturated heterocycles. The molecule has 3 nitrogen and oxygen atoms in total. The van der Waals surface area contributed by atoms with E-state index in [-0.39, 0.29) is 0 Å². The number of aromatic nitrogens is 1. The third-order valence-corrected chi connectivity index (χ3v) is 10.4. The van der Waals surface area contributed by atoms with Gasteiger partial charge in [0.05, 0.1) is 11.0 Å². The van der Waals surface area contributed by atoms with Crippen molar-refractivity contribution in [3.63, 3.8) is 0 Å². The molecular formula is C48H29NO2. The zero-order chi connectivity index (χ0) is 33.5. The van der Waals surface area contributed by atoms with Crippen LogP contribution in [0.2, 0.25) is 0 Å². The van der Waals surface area contributed by atoms with Gasteiger partial charge in [0.25, 0.3) is 0 Å². The zero-order valence-corrected chi connectivity index (χ0v) is 27.5. The molecule has 3 heteroatoms. The molecule has 0 saturated carbocycles. The molecule has 3 aromatic heterocycles. The minimum Gasteiger partial charge on any atom is -0.456 e. The molecule has 0 radical (unpaired) electrons. The Morgan fingerprint density at radius 3 is 1.24 bits per heavy atom. The maximum atomic E-state index is 6.15. The molecule has 0 fully saturated rings. The van der Waals surface area contributed by atoms with E-state index >= 15 is 0 Å². The Labute approximate surface area is 293 Å². The molecule has 0 spiro atoms. The highest BCUT2D eigenvalue weighted by Crippen LogP contribution is 2.40. The van der Waals surface area contributed by atoms with Crippen molar-refractivity contribution in [2.75, 3.05) is 0 Å². The van der Waals surface area contributed by atoms with Gasteiger partial charge in [-0.25, -0.2) is 0 Å². The van der Waals surface area contributed by atoms with E-state index in [4.69, 9.17) is 8.83 Å². The number of para-hydroxylation sites is 2. The van der Waals surface area contributed by atoms with E-state index in [9.17, 15) is 0 Å². The number of benzene rings is 8. The van der Waals surface area contributed by atoms with Crippen LogP contribution in [0.1, 0.15) is 0 Å². The molecule has 0 amide bonds. The number of furan rings is 2. The summed E-state index contributed by atoms with van der Waals surface area (Å²) in [5.41, 5.74) is 14.1. The van der Waals surface area contributed by atoms with Crippen LogP contribution in [0.3, 0.4) is 0 Å². The lowest BCUT2D eigenvalue weighted by Gasteiger charge is -2.11. The number of rotatable bonds is 4. The second-order valence-electron chi connectivity index (χ2n) is 13.3. The van der Waals surface area contributed by atoms with Crippen LogP contribution in [0.5, 0.6) is 0 Å². The summed E-state index contributed by atoms with van der Waals surface area (Å²) in [5.74, 6) is 0. The van der Waals surface area contributed by atoms with Crippen molar-refractivity contribution in [3.8, 4) is 39.1 Å². The number of hydrogen-bond donors (Lipinski definition) is 0. The summed E-state index contributed by atoms with van der Waals surface area (Å²) in [6, 6.07) is 62.8. The van der Waals surface area contributed by atoms with Crippen molar-refractivity contribution in [1.29, 1.82) is 0 Å². The average molecular weight is 652 g/mol.